The number of carbonyl (C=O) groups excluding carboxylic acids is 1. The summed E-state index contributed by atoms with van der Waals surface area (Å²) in [4.78, 5) is 12.6. The second kappa shape index (κ2) is 9.56. The Balaban J connectivity index is 0.00000240. The van der Waals surface area contributed by atoms with Gasteiger partial charge >= 0.3 is 0 Å². The van der Waals surface area contributed by atoms with Crippen LogP contribution in [0.2, 0.25) is 0 Å². The Hall–Kier alpha value is -2.87. The van der Waals surface area contributed by atoms with Gasteiger partial charge in [0.05, 0.1) is 25.5 Å². The first-order chi connectivity index (χ1) is 13.7. The van der Waals surface area contributed by atoms with E-state index in [-0.39, 0.29) is 24.4 Å². The van der Waals surface area contributed by atoms with E-state index >= 15 is 0 Å². The number of morpholine rings is 1. The van der Waals surface area contributed by atoms with Crippen LogP contribution in [-0.4, -0.2) is 42.9 Å². The number of rotatable bonds is 5. The Morgan fingerprint density at radius 2 is 2.00 bits per heavy atom. The van der Waals surface area contributed by atoms with Crippen molar-refractivity contribution in [3.63, 3.8) is 0 Å². The predicted molar refractivity (Wildman–Crippen MR) is 114 cm³/mol. The fraction of sp³-hybridized carbons (Fsp3) is 0.238. The van der Waals surface area contributed by atoms with Crippen molar-refractivity contribution >= 4 is 24.0 Å². The van der Waals surface area contributed by atoms with Gasteiger partial charge in [-0.05, 0) is 35.9 Å². The summed E-state index contributed by atoms with van der Waals surface area (Å²) in [5, 5.41) is 13.2. The molecule has 2 heterocycles. The monoisotopic (exact) mass is 414 g/mol. The van der Waals surface area contributed by atoms with Crippen LogP contribution in [0.1, 0.15) is 22.2 Å². The normalized spacial score (nSPS) is 16.0. The molecule has 0 bridgehead atoms. The number of amides is 1. The van der Waals surface area contributed by atoms with E-state index in [0.29, 0.717) is 29.4 Å². The smallest absolute Gasteiger partial charge is 0.273 e. The molecule has 0 unspecified atom stereocenters. The number of para-hydroxylation sites is 1. The van der Waals surface area contributed by atoms with Crippen molar-refractivity contribution in [1.29, 1.82) is 0 Å². The highest BCUT2D eigenvalue weighted by Gasteiger charge is 2.16. The Morgan fingerprint density at radius 3 is 2.72 bits per heavy atom. The van der Waals surface area contributed by atoms with E-state index in [0.717, 1.165) is 24.2 Å². The summed E-state index contributed by atoms with van der Waals surface area (Å²) >= 11 is 0. The van der Waals surface area contributed by atoms with Crippen LogP contribution in [0.5, 0.6) is 5.75 Å². The van der Waals surface area contributed by atoms with Crippen LogP contribution in [0.25, 0.3) is 11.3 Å². The molecule has 0 radical (unpaired) electrons. The molecular formula is C21H23ClN4O3. The van der Waals surface area contributed by atoms with Crippen molar-refractivity contribution in [3.8, 4) is 17.0 Å². The summed E-state index contributed by atoms with van der Waals surface area (Å²) in [6.45, 7) is 2.38. The summed E-state index contributed by atoms with van der Waals surface area (Å²) in [5.74, 6) is 0.452. The number of benzene rings is 2. The second-order valence-corrected chi connectivity index (χ2v) is 6.51. The van der Waals surface area contributed by atoms with E-state index in [2.05, 4.69) is 20.8 Å². The van der Waals surface area contributed by atoms with Crippen molar-refractivity contribution in [2.75, 3.05) is 32.1 Å². The third kappa shape index (κ3) is 4.76. The Morgan fingerprint density at radius 1 is 1.21 bits per heavy atom. The molecule has 3 aromatic rings. The number of nitrogens with zero attached hydrogens (tertiary/aromatic N) is 1. The average molecular weight is 415 g/mol. The topological polar surface area (TPSA) is 88.3 Å². The van der Waals surface area contributed by atoms with E-state index < -0.39 is 0 Å². The number of halogens is 1. The zero-order valence-corrected chi connectivity index (χ0v) is 16.8. The molecular weight excluding hydrogens is 392 g/mol. The number of hydrogen-bond donors (Lipinski definition) is 3. The number of nitrogens with one attached hydrogen (secondary N) is 3. The molecule has 1 aliphatic heterocycles. The van der Waals surface area contributed by atoms with Gasteiger partial charge in [0.25, 0.3) is 5.91 Å². The fourth-order valence-corrected chi connectivity index (χ4v) is 3.19. The molecule has 29 heavy (non-hydrogen) atoms. The number of hydrogen-bond acceptors (Lipinski definition) is 5. The Kier molecular flexibility index (Phi) is 6.87. The van der Waals surface area contributed by atoms with Gasteiger partial charge in [-0.1, -0.05) is 24.3 Å². The molecule has 2 aromatic carbocycles. The zero-order valence-electron chi connectivity index (χ0n) is 16.0. The van der Waals surface area contributed by atoms with Gasteiger partial charge in [0.2, 0.25) is 0 Å². The first-order valence-corrected chi connectivity index (χ1v) is 9.17. The van der Waals surface area contributed by atoms with E-state index in [4.69, 9.17) is 9.47 Å². The summed E-state index contributed by atoms with van der Waals surface area (Å²) in [7, 11) is 1.61. The lowest BCUT2D eigenvalue weighted by Crippen LogP contribution is -2.33. The third-order valence-electron chi connectivity index (χ3n) is 4.67. The van der Waals surface area contributed by atoms with E-state index in [9.17, 15) is 4.79 Å². The summed E-state index contributed by atoms with van der Waals surface area (Å²) in [5.41, 5.74) is 3.66. The van der Waals surface area contributed by atoms with Crippen LogP contribution < -0.4 is 15.4 Å². The molecule has 8 heteroatoms. The molecule has 1 saturated heterocycles. The second-order valence-electron chi connectivity index (χ2n) is 6.51. The predicted octanol–water partition coefficient (Wildman–Crippen LogP) is 3.42. The molecule has 1 fully saturated rings. The molecule has 1 aromatic heterocycles. The summed E-state index contributed by atoms with van der Waals surface area (Å²) in [6.07, 6.45) is 0.0505. The van der Waals surface area contributed by atoms with Crippen molar-refractivity contribution in [2.45, 2.75) is 6.10 Å². The fourth-order valence-electron chi connectivity index (χ4n) is 3.19. The zero-order chi connectivity index (χ0) is 19.3. The van der Waals surface area contributed by atoms with Gasteiger partial charge in [0.1, 0.15) is 11.4 Å². The summed E-state index contributed by atoms with van der Waals surface area (Å²) < 4.78 is 11.1. The molecule has 0 saturated carbocycles. The van der Waals surface area contributed by atoms with Crippen molar-refractivity contribution in [3.05, 3.63) is 65.9 Å². The third-order valence-corrected chi connectivity index (χ3v) is 4.67. The van der Waals surface area contributed by atoms with Crippen LogP contribution in [0.4, 0.5) is 5.69 Å². The van der Waals surface area contributed by atoms with Crippen LogP contribution in [0.15, 0.2) is 54.6 Å². The lowest BCUT2D eigenvalue weighted by Gasteiger charge is -2.24. The number of carbonyl (C=O) groups is 1. The maximum atomic E-state index is 12.6. The highest BCUT2D eigenvalue weighted by molar-refractivity contribution is 6.03. The minimum absolute atomic E-state index is 0. The van der Waals surface area contributed by atoms with Crippen molar-refractivity contribution in [2.24, 2.45) is 0 Å². The lowest BCUT2D eigenvalue weighted by molar-refractivity contribution is 0.0277. The molecule has 7 nitrogen and oxygen atoms in total. The van der Waals surface area contributed by atoms with Gasteiger partial charge in [-0.3, -0.25) is 9.89 Å². The standard InChI is InChI=1S/C21H22N4O3.ClH/c1-27-19-5-3-2-4-16(19)17-12-18(25-24-17)21(26)23-15-8-6-14(7-9-15)20-13-22-10-11-28-20;/h2-9,12,20,22H,10-11,13H2,1H3,(H,23,26)(H,24,25);1H/t20-;/m1./s1. The molecule has 1 aliphatic rings. The molecule has 1 amide bonds. The molecule has 1 atom stereocenters. The van der Waals surface area contributed by atoms with Gasteiger partial charge in [0.15, 0.2) is 0 Å². The molecule has 4 rings (SSSR count). The highest BCUT2D eigenvalue weighted by atomic mass is 35.5. The van der Waals surface area contributed by atoms with Gasteiger partial charge < -0.3 is 20.1 Å². The average Bonchev–Trinajstić information content (AvgIpc) is 3.25. The van der Waals surface area contributed by atoms with E-state index in [1.807, 2.05) is 48.5 Å². The first-order valence-electron chi connectivity index (χ1n) is 9.17. The summed E-state index contributed by atoms with van der Waals surface area (Å²) in [6, 6.07) is 17.0. The minimum Gasteiger partial charge on any atom is -0.496 e. The quantitative estimate of drug-likeness (QED) is 0.595. The minimum atomic E-state index is -0.253. The number of aromatic amines is 1. The molecule has 3 N–H and O–H groups in total. The maximum absolute atomic E-state index is 12.6. The Labute approximate surface area is 175 Å². The molecule has 152 valence electrons. The number of ether oxygens (including phenoxy) is 2. The molecule has 0 spiro atoms. The Bertz CT molecular complexity index is 953. The van der Waals surface area contributed by atoms with Crippen LogP contribution >= 0.6 is 12.4 Å². The molecule has 0 aliphatic carbocycles. The van der Waals surface area contributed by atoms with Crippen molar-refractivity contribution in [1.82, 2.24) is 15.5 Å². The lowest BCUT2D eigenvalue weighted by atomic mass is 10.1. The number of H-pyrrole nitrogens is 1. The van der Waals surface area contributed by atoms with Crippen molar-refractivity contribution < 1.29 is 14.3 Å². The van der Waals surface area contributed by atoms with Gasteiger partial charge in [-0.15, -0.1) is 12.4 Å². The number of aromatic nitrogens is 2. The number of anilines is 1. The van der Waals surface area contributed by atoms with Gasteiger partial charge in [0, 0.05) is 24.3 Å². The van der Waals surface area contributed by atoms with Crippen LogP contribution in [0.3, 0.4) is 0 Å². The maximum Gasteiger partial charge on any atom is 0.273 e. The van der Waals surface area contributed by atoms with Crippen LogP contribution in [0, 0.1) is 0 Å². The largest absolute Gasteiger partial charge is 0.496 e. The highest BCUT2D eigenvalue weighted by Crippen LogP contribution is 2.28. The first kappa shape index (κ1) is 20.9. The van der Waals surface area contributed by atoms with E-state index in [1.165, 1.54) is 0 Å². The van der Waals surface area contributed by atoms with E-state index in [1.54, 1.807) is 13.2 Å². The van der Waals surface area contributed by atoms with Gasteiger partial charge in [-0.25, -0.2) is 0 Å². The van der Waals surface area contributed by atoms with Crippen LogP contribution in [-0.2, 0) is 4.74 Å². The SMILES string of the molecule is COc1ccccc1-c1cc(C(=O)Nc2ccc([C@H]3CNCCO3)cc2)[nH]n1.Cl. The number of methoxy groups -OCH3 is 1. The van der Waals surface area contributed by atoms with Gasteiger partial charge in [-0.2, -0.15) is 5.10 Å².